The van der Waals surface area contributed by atoms with Crippen LogP contribution in [0.25, 0.3) is 0 Å². The first-order chi connectivity index (χ1) is 7.72. The molecule has 1 aromatic rings. The van der Waals surface area contributed by atoms with Crippen LogP contribution in [0.3, 0.4) is 0 Å². The van der Waals surface area contributed by atoms with Gasteiger partial charge in [0.25, 0.3) is 0 Å². The minimum absolute atomic E-state index is 0.338. The molecule has 3 heteroatoms. The first kappa shape index (κ1) is 11.6. The molecule has 0 aromatic heterocycles. The Kier molecular flexibility index (Phi) is 3.59. The van der Waals surface area contributed by atoms with Crippen LogP contribution in [0.4, 0.5) is 0 Å². The lowest BCUT2D eigenvalue weighted by atomic mass is 9.85. The average molecular weight is 220 g/mol. The molecule has 88 valence electrons. The topological polar surface area (TPSA) is 58.3 Å². The molecule has 1 aliphatic heterocycles. The van der Waals surface area contributed by atoms with E-state index in [9.17, 15) is 5.11 Å². The van der Waals surface area contributed by atoms with Crippen LogP contribution in [0, 0.1) is 0 Å². The maximum atomic E-state index is 10.2. The largest absolute Gasteiger partial charge is 0.388 e. The van der Waals surface area contributed by atoms with E-state index < -0.39 is 5.60 Å². The summed E-state index contributed by atoms with van der Waals surface area (Å²) in [5.41, 5.74) is 6.26. The molecule has 1 aromatic carbocycles. The van der Waals surface area contributed by atoms with Crippen LogP contribution in [-0.4, -0.2) is 29.8 Å². The predicted octanol–water partition coefficient (Wildman–Crippen LogP) is 0.671. The van der Waals surface area contributed by atoms with Gasteiger partial charge in [0, 0.05) is 12.6 Å². The molecule has 3 nitrogen and oxygen atoms in total. The average Bonchev–Trinajstić information content (AvgIpc) is 2.30. The number of rotatable bonds is 3. The minimum atomic E-state index is -0.662. The van der Waals surface area contributed by atoms with Gasteiger partial charge in [0.1, 0.15) is 0 Å². The fourth-order valence-corrected chi connectivity index (χ4v) is 2.37. The highest BCUT2D eigenvalue weighted by molar-refractivity contribution is 5.16. The lowest BCUT2D eigenvalue weighted by molar-refractivity contribution is 0.00435. The van der Waals surface area contributed by atoms with Crippen molar-refractivity contribution in [3.05, 3.63) is 35.9 Å². The third kappa shape index (κ3) is 2.82. The smallest absolute Gasteiger partial charge is 0.0796 e. The van der Waals surface area contributed by atoms with Crippen LogP contribution >= 0.6 is 0 Å². The zero-order chi connectivity index (χ0) is 11.4. The number of nitrogens with one attached hydrogen (secondary N) is 1. The van der Waals surface area contributed by atoms with Crippen LogP contribution in [0.1, 0.15) is 18.4 Å². The SMILES string of the molecule is NCC1(O)CCNC(Cc2ccccc2)C1. The van der Waals surface area contributed by atoms with E-state index in [-0.39, 0.29) is 0 Å². The van der Waals surface area contributed by atoms with Gasteiger partial charge in [-0.2, -0.15) is 0 Å². The van der Waals surface area contributed by atoms with Gasteiger partial charge in [-0.05, 0) is 31.4 Å². The molecule has 0 radical (unpaired) electrons. The van der Waals surface area contributed by atoms with Crippen molar-refractivity contribution >= 4 is 0 Å². The highest BCUT2D eigenvalue weighted by atomic mass is 16.3. The summed E-state index contributed by atoms with van der Waals surface area (Å²) >= 11 is 0. The maximum absolute atomic E-state index is 10.2. The van der Waals surface area contributed by atoms with E-state index >= 15 is 0 Å². The fraction of sp³-hybridized carbons (Fsp3) is 0.538. The van der Waals surface area contributed by atoms with E-state index in [0.717, 1.165) is 25.8 Å². The number of benzene rings is 1. The quantitative estimate of drug-likeness (QED) is 0.702. The van der Waals surface area contributed by atoms with Gasteiger partial charge >= 0.3 is 0 Å². The zero-order valence-corrected chi connectivity index (χ0v) is 9.52. The van der Waals surface area contributed by atoms with E-state index in [1.54, 1.807) is 0 Å². The van der Waals surface area contributed by atoms with E-state index in [4.69, 9.17) is 5.73 Å². The lowest BCUT2D eigenvalue weighted by Gasteiger charge is -2.36. The van der Waals surface area contributed by atoms with Crippen molar-refractivity contribution in [1.29, 1.82) is 0 Å². The van der Waals surface area contributed by atoms with Crippen molar-refractivity contribution in [2.75, 3.05) is 13.1 Å². The number of hydrogen-bond donors (Lipinski definition) is 3. The van der Waals surface area contributed by atoms with Crippen LogP contribution in [0.15, 0.2) is 30.3 Å². The molecular formula is C13H20N2O. The Hall–Kier alpha value is -0.900. The molecule has 0 spiro atoms. The van der Waals surface area contributed by atoms with Crippen LogP contribution < -0.4 is 11.1 Å². The van der Waals surface area contributed by atoms with Gasteiger partial charge < -0.3 is 16.2 Å². The summed E-state index contributed by atoms with van der Waals surface area (Å²) in [6.07, 6.45) is 2.47. The molecular weight excluding hydrogens is 200 g/mol. The second kappa shape index (κ2) is 4.95. The molecule has 2 atom stereocenters. The summed E-state index contributed by atoms with van der Waals surface area (Å²) in [4.78, 5) is 0. The molecule has 0 amide bonds. The highest BCUT2D eigenvalue weighted by Gasteiger charge is 2.32. The Morgan fingerprint density at radius 2 is 2.12 bits per heavy atom. The van der Waals surface area contributed by atoms with Gasteiger partial charge in [-0.3, -0.25) is 0 Å². The van der Waals surface area contributed by atoms with Gasteiger partial charge in [-0.15, -0.1) is 0 Å². The first-order valence-electron chi connectivity index (χ1n) is 5.92. The Labute approximate surface area is 96.7 Å². The van der Waals surface area contributed by atoms with Crippen LogP contribution in [0.5, 0.6) is 0 Å². The van der Waals surface area contributed by atoms with Gasteiger partial charge in [-0.1, -0.05) is 30.3 Å². The van der Waals surface area contributed by atoms with E-state index in [1.165, 1.54) is 5.56 Å². The van der Waals surface area contributed by atoms with E-state index in [1.807, 2.05) is 18.2 Å². The monoisotopic (exact) mass is 220 g/mol. The van der Waals surface area contributed by atoms with E-state index in [2.05, 4.69) is 17.4 Å². The second-order valence-corrected chi connectivity index (χ2v) is 4.72. The second-order valence-electron chi connectivity index (χ2n) is 4.72. The summed E-state index contributed by atoms with van der Waals surface area (Å²) in [6.45, 7) is 1.21. The molecule has 1 saturated heterocycles. The molecule has 0 bridgehead atoms. The molecule has 16 heavy (non-hydrogen) atoms. The van der Waals surface area contributed by atoms with Crippen molar-refractivity contribution in [3.8, 4) is 0 Å². The lowest BCUT2D eigenvalue weighted by Crippen LogP contribution is -2.52. The summed E-state index contributed by atoms with van der Waals surface area (Å²) in [6, 6.07) is 10.7. The van der Waals surface area contributed by atoms with Gasteiger partial charge in [-0.25, -0.2) is 0 Å². The van der Waals surface area contributed by atoms with Crippen molar-refractivity contribution in [3.63, 3.8) is 0 Å². The van der Waals surface area contributed by atoms with Crippen molar-refractivity contribution in [2.24, 2.45) is 5.73 Å². The summed E-state index contributed by atoms with van der Waals surface area (Å²) in [5, 5.41) is 13.6. The summed E-state index contributed by atoms with van der Waals surface area (Å²) in [5.74, 6) is 0. The van der Waals surface area contributed by atoms with E-state index in [0.29, 0.717) is 12.6 Å². The Balaban J connectivity index is 1.96. The predicted molar refractivity (Wildman–Crippen MR) is 65.2 cm³/mol. The third-order valence-electron chi connectivity index (χ3n) is 3.35. The Morgan fingerprint density at radius 3 is 2.81 bits per heavy atom. The van der Waals surface area contributed by atoms with Gasteiger partial charge in [0.2, 0.25) is 0 Å². The number of hydrogen-bond acceptors (Lipinski definition) is 3. The summed E-state index contributed by atoms with van der Waals surface area (Å²) < 4.78 is 0. The molecule has 1 aliphatic rings. The molecule has 1 heterocycles. The standard InChI is InChI=1S/C13H20N2O/c14-10-13(16)6-7-15-12(9-13)8-11-4-2-1-3-5-11/h1-5,12,15-16H,6-10,14H2. The van der Waals surface area contributed by atoms with Crippen molar-refractivity contribution < 1.29 is 5.11 Å². The number of aliphatic hydroxyl groups is 1. The molecule has 4 N–H and O–H groups in total. The highest BCUT2D eigenvalue weighted by Crippen LogP contribution is 2.22. The van der Waals surface area contributed by atoms with Crippen molar-refractivity contribution in [2.45, 2.75) is 30.9 Å². The Morgan fingerprint density at radius 1 is 1.38 bits per heavy atom. The maximum Gasteiger partial charge on any atom is 0.0796 e. The number of nitrogens with two attached hydrogens (primary N) is 1. The van der Waals surface area contributed by atoms with Gasteiger partial charge in [0.05, 0.1) is 5.60 Å². The number of piperidine rings is 1. The third-order valence-corrected chi connectivity index (χ3v) is 3.35. The van der Waals surface area contributed by atoms with Crippen LogP contribution in [-0.2, 0) is 6.42 Å². The molecule has 1 fully saturated rings. The summed E-state index contributed by atoms with van der Waals surface area (Å²) in [7, 11) is 0. The Bertz CT molecular complexity index is 328. The molecule has 0 saturated carbocycles. The van der Waals surface area contributed by atoms with Crippen LogP contribution in [0.2, 0.25) is 0 Å². The molecule has 2 unspecified atom stereocenters. The first-order valence-corrected chi connectivity index (χ1v) is 5.92. The fourth-order valence-electron chi connectivity index (χ4n) is 2.37. The zero-order valence-electron chi connectivity index (χ0n) is 9.52. The van der Waals surface area contributed by atoms with Gasteiger partial charge in [0.15, 0.2) is 0 Å². The molecule has 0 aliphatic carbocycles. The molecule has 2 rings (SSSR count). The minimum Gasteiger partial charge on any atom is -0.388 e. The normalized spacial score (nSPS) is 30.2. The van der Waals surface area contributed by atoms with Crippen molar-refractivity contribution in [1.82, 2.24) is 5.32 Å².